The molecule has 31 heavy (non-hydrogen) atoms. The number of urea groups is 1. The van der Waals surface area contributed by atoms with E-state index in [1.165, 1.54) is 12.1 Å². The van der Waals surface area contributed by atoms with Crippen LogP contribution in [-0.4, -0.2) is 42.6 Å². The number of ether oxygens (including phenoxy) is 1. The van der Waals surface area contributed by atoms with Crippen LogP contribution in [0.2, 0.25) is 0 Å². The first-order chi connectivity index (χ1) is 14.6. The molecule has 9 heteroatoms. The highest BCUT2D eigenvalue weighted by Gasteiger charge is 2.51. The standard InChI is InChI=1S/C22H24F3N3O3/c1-4-21(16-9-11-18(31-3)12-10-16)19(29)28(20(30)26-21)14-27(2)13-15-5-7-17(8-6-15)22(23,24)25/h5-12H,4,13-14H2,1-3H3,(H,26,30)/t21-/m1/s1. The van der Waals surface area contributed by atoms with Crippen LogP contribution >= 0.6 is 0 Å². The van der Waals surface area contributed by atoms with Gasteiger partial charge in [0.25, 0.3) is 5.91 Å². The number of nitrogens with one attached hydrogen (secondary N) is 1. The molecule has 2 aromatic carbocycles. The number of amides is 3. The minimum atomic E-state index is -4.39. The molecule has 1 heterocycles. The summed E-state index contributed by atoms with van der Waals surface area (Å²) in [5.41, 5.74) is -0.597. The first-order valence-corrected chi connectivity index (χ1v) is 9.74. The van der Waals surface area contributed by atoms with Crippen molar-refractivity contribution in [3.63, 3.8) is 0 Å². The molecular formula is C22H24F3N3O3. The van der Waals surface area contributed by atoms with E-state index < -0.39 is 23.3 Å². The number of halogens is 3. The highest BCUT2D eigenvalue weighted by molar-refractivity contribution is 6.07. The summed E-state index contributed by atoms with van der Waals surface area (Å²) >= 11 is 0. The first kappa shape index (κ1) is 22.6. The Morgan fingerprint density at radius 1 is 1.06 bits per heavy atom. The minimum Gasteiger partial charge on any atom is -0.497 e. The van der Waals surface area contributed by atoms with E-state index in [0.29, 0.717) is 23.3 Å². The van der Waals surface area contributed by atoms with Gasteiger partial charge in [0.1, 0.15) is 11.3 Å². The van der Waals surface area contributed by atoms with Gasteiger partial charge in [0.2, 0.25) is 0 Å². The van der Waals surface area contributed by atoms with Crippen LogP contribution in [0, 0.1) is 0 Å². The molecule has 0 aromatic heterocycles. The van der Waals surface area contributed by atoms with Gasteiger partial charge in [0, 0.05) is 6.54 Å². The van der Waals surface area contributed by atoms with Crippen LogP contribution in [0.15, 0.2) is 48.5 Å². The molecule has 1 fully saturated rings. The molecule has 3 rings (SSSR count). The van der Waals surface area contributed by atoms with Crippen LogP contribution in [0.4, 0.5) is 18.0 Å². The van der Waals surface area contributed by atoms with Crippen molar-refractivity contribution in [2.24, 2.45) is 0 Å². The van der Waals surface area contributed by atoms with E-state index in [4.69, 9.17) is 4.74 Å². The summed E-state index contributed by atoms with van der Waals surface area (Å²) < 4.78 is 43.3. The SMILES string of the molecule is CC[C@]1(c2ccc(OC)cc2)NC(=O)N(CN(C)Cc2ccc(C(F)(F)F)cc2)C1=O. The average Bonchev–Trinajstić information content (AvgIpc) is 2.98. The van der Waals surface area contributed by atoms with Crippen LogP contribution in [0.3, 0.4) is 0 Å². The minimum absolute atomic E-state index is 0.00357. The Kier molecular flexibility index (Phi) is 6.26. The van der Waals surface area contributed by atoms with Gasteiger partial charge in [0.05, 0.1) is 19.3 Å². The number of rotatable bonds is 7. The molecule has 1 saturated heterocycles. The average molecular weight is 435 g/mol. The molecule has 0 spiro atoms. The zero-order valence-electron chi connectivity index (χ0n) is 17.5. The zero-order chi connectivity index (χ0) is 22.8. The van der Waals surface area contributed by atoms with E-state index in [-0.39, 0.29) is 19.1 Å². The molecule has 0 saturated carbocycles. The molecule has 166 valence electrons. The summed E-state index contributed by atoms with van der Waals surface area (Å²) in [4.78, 5) is 28.7. The summed E-state index contributed by atoms with van der Waals surface area (Å²) in [6.07, 6.45) is -4.03. The first-order valence-electron chi connectivity index (χ1n) is 9.74. The van der Waals surface area contributed by atoms with Gasteiger partial charge >= 0.3 is 12.2 Å². The monoisotopic (exact) mass is 435 g/mol. The van der Waals surface area contributed by atoms with Crippen molar-refractivity contribution in [2.45, 2.75) is 31.6 Å². The third-order valence-corrected chi connectivity index (χ3v) is 5.41. The number of benzene rings is 2. The molecule has 0 bridgehead atoms. The summed E-state index contributed by atoms with van der Waals surface area (Å²) in [5, 5.41) is 2.81. The van der Waals surface area contributed by atoms with E-state index in [1.54, 1.807) is 43.3 Å². The molecule has 3 amide bonds. The maximum Gasteiger partial charge on any atom is 0.416 e. The van der Waals surface area contributed by atoms with Gasteiger partial charge in [-0.25, -0.2) is 9.69 Å². The van der Waals surface area contributed by atoms with E-state index in [0.717, 1.165) is 17.0 Å². The lowest BCUT2D eigenvalue weighted by atomic mass is 9.87. The quantitative estimate of drug-likeness (QED) is 0.669. The zero-order valence-corrected chi connectivity index (χ0v) is 17.5. The predicted molar refractivity (Wildman–Crippen MR) is 108 cm³/mol. The number of alkyl halides is 3. The van der Waals surface area contributed by atoms with Crippen molar-refractivity contribution >= 4 is 11.9 Å². The Hall–Kier alpha value is -3.07. The molecular weight excluding hydrogens is 411 g/mol. The van der Waals surface area contributed by atoms with Crippen LogP contribution in [-0.2, 0) is 23.1 Å². The predicted octanol–water partition coefficient (Wildman–Crippen LogP) is 3.96. The van der Waals surface area contributed by atoms with Crippen LogP contribution in [0.25, 0.3) is 0 Å². The highest BCUT2D eigenvalue weighted by Crippen LogP contribution is 2.33. The van der Waals surface area contributed by atoms with Gasteiger partial charge < -0.3 is 10.1 Å². The number of imide groups is 1. The maximum atomic E-state index is 13.2. The summed E-state index contributed by atoms with van der Waals surface area (Å²) in [7, 11) is 3.24. The maximum absolute atomic E-state index is 13.2. The Balaban J connectivity index is 1.72. The molecule has 6 nitrogen and oxygen atoms in total. The van der Waals surface area contributed by atoms with Crippen LogP contribution in [0.1, 0.15) is 30.0 Å². The third-order valence-electron chi connectivity index (χ3n) is 5.41. The summed E-state index contributed by atoms with van der Waals surface area (Å²) in [6, 6.07) is 11.2. The lowest BCUT2D eigenvalue weighted by Crippen LogP contribution is -2.44. The molecule has 1 atom stereocenters. The van der Waals surface area contributed by atoms with Crippen molar-refractivity contribution in [3.8, 4) is 5.75 Å². The number of hydrogen-bond acceptors (Lipinski definition) is 4. The Morgan fingerprint density at radius 2 is 1.68 bits per heavy atom. The fourth-order valence-electron chi connectivity index (χ4n) is 3.67. The second kappa shape index (κ2) is 8.58. The molecule has 0 unspecified atom stereocenters. The van der Waals surface area contributed by atoms with Gasteiger partial charge in [-0.1, -0.05) is 31.2 Å². The van der Waals surface area contributed by atoms with Gasteiger partial charge in [0.15, 0.2) is 0 Å². The van der Waals surface area contributed by atoms with Crippen molar-refractivity contribution in [2.75, 3.05) is 20.8 Å². The Labute approximate surface area is 178 Å². The molecule has 1 aliphatic heterocycles. The highest BCUT2D eigenvalue weighted by atomic mass is 19.4. The van der Waals surface area contributed by atoms with E-state index in [2.05, 4.69) is 5.32 Å². The fourth-order valence-corrected chi connectivity index (χ4v) is 3.67. The van der Waals surface area contributed by atoms with Crippen molar-refractivity contribution < 1.29 is 27.5 Å². The molecule has 1 aliphatic rings. The Bertz CT molecular complexity index is 945. The van der Waals surface area contributed by atoms with E-state index in [1.807, 2.05) is 6.92 Å². The number of methoxy groups -OCH3 is 1. The van der Waals surface area contributed by atoms with Gasteiger partial charge in [-0.2, -0.15) is 13.2 Å². The summed E-state index contributed by atoms with van der Waals surface area (Å²) in [6.45, 7) is 2.10. The largest absolute Gasteiger partial charge is 0.497 e. The van der Waals surface area contributed by atoms with Crippen molar-refractivity contribution in [1.29, 1.82) is 0 Å². The topological polar surface area (TPSA) is 61.9 Å². The molecule has 0 radical (unpaired) electrons. The lowest BCUT2D eigenvalue weighted by Gasteiger charge is -2.27. The van der Waals surface area contributed by atoms with Crippen molar-refractivity contribution in [3.05, 3.63) is 65.2 Å². The van der Waals surface area contributed by atoms with Gasteiger partial charge in [-0.3, -0.25) is 9.69 Å². The third kappa shape index (κ3) is 4.51. The second-order valence-corrected chi connectivity index (χ2v) is 7.50. The number of hydrogen-bond donors (Lipinski definition) is 1. The number of carbonyl (C=O) groups excluding carboxylic acids is 2. The number of nitrogens with zero attached hydrogens (tertiary/aromatic N) is 2. The second-order valence-electron chi connectivity index (χ2n) is 7.50. The van der Waals surface area contributed by atoms with Gasteiger partial charge in [-0.05, 0) is 48.9 Å². The van der Waals surface area contributed by atoms with Gasteiger partial charge in [-0.15, -0.1) is 0 Å². The van der Waals surface area contributed by atoms with Crippen LogP contribution in [0.5, 0.6) is 5.75 Å². The van der Waals surface area contributed by atoms with Crippen molar-refractivity contribution in [1.82, 2.24) is 15.1 Å². The smallest absolute Gasteiger partial charge is 0.416 e. The fraction of sp³-hybridized carbons (Fsp3) is 0.364. The Morgan fingerprint density at radius 3 is 2.19 bits per heavy atom. The molecule has 2 aromatic rings. The molecule has 0 aliphatic carbocycles. The number of carbonyl (C=O) groups is 2. The van der Waals surface area contributed by atoms with E-state index in [9.17, 15) is 22.8 Å². The van der Waals surface area contributed by atoms with Crippen LogP contribution < -0.4 is 10.1 Å². The molecule has 1 N–H and O–H groups in total. The van der Waals surface area contributed by atoms with E-state index >= 15 is 0 Å². The lowest BCUT2D eigenvalue weighted by molar-refractivity contribution is -0.137. The summed E-state index contributed by atoms with van der Waals surface area (Å²) in [5.74, 6) is 0.268. The normalized spacial score (nSPS) is 19.1.